The van der Waals surface area contributed by atoms with Crippen LogP contribution in [0.25, 0.3) is 0 Å². The average molecular weight is 247 g/mol. The topological polar surface area (TPSA) is 28.2 Å². The molecule has 100 valence electrons. The molecule has 3 heteroatoms. The van der Waals surface area contributed by atoms with E-state index in [1.807, 2.05) is 13.2 Å². The highest BCUT2D eigenvalue weighted by atomic mass is 15.2. The van der Waals surface area contributed by atoms with Gasteiger partial charge in [-0.15, -0.1) is 0 Å². The van der Waals surface area contributed by atoms with Crippen LogP contribution in [0.2, 0.25) is 0 Å². The van der Waals surface area contributed by atoms with Gasteiger partial charge in [-0.3, -0.25) is 0 Å². The Morgan fingerprint density at radius 3 is 2.61 bits per heavy atom. The minimum Gasteiger partial charge on any atom is -0.356 e. The number of hydrogen-bond acceptors (Lipinski definition) is 3. The van der Waals surface area contributed by atoms with Gasteiger partial charge in [0.1, 0.15) is 5.82 Å². The summed E-state index contributed by atoms with van der Waals surface area (Å²) in [7, 11) is 1.96. The van der Waals surface area contributed by atoms with E-state index in [0.29, 0.717) is 5.41 Å². The van der Waals surface area contributed by atoms with Crippen LogP contribution in [0.15, 0.2) is 18.3 Å². The molecule has 0 unspecified atom stereocenters. The van der Waals surface area contributed by atoms with E-state index < -0.39 is 0 Å². The molecule has 2 heterocycles. The van der Waals surface area contributed by atoms with Crippen molar-refractivity contribution in [3.8, 4) is 0 Å². The van der Waals surface area contributed by atoms with E-state index in [4.69, 9.17) is 0 Å². The van der Waals surface area contributed by atoms with Crippen molar-refractivity contribution >= 4 is 5.82 Å². The Kier molecular flexibility index (Phi) is 4.23. The fraction of sp³-hybridized carbons (Fsp3) is 0.667. The number of nitrogens with zero attached hydrogens (tertiary/aromatic N) is 2. The summed E-state index contributed by atoms with van der Waals surface area (Å²) in [6.07, 6.45) is 5.85. The van der Waals surface area contributed by atoms with Crippen molar-refractivity contribution in [1.82, 2.24) is 10.3 Å². The lowest BCUT2D eigenvalue weighted by molar-refractivity contribution is 0.301. The van der Waals surface area contributed by atoms with Crippen LogP contribution < -0.4 is 10.2 Å². The molecule has 0 radical (unpaired) electrons. The molecule has 1 aliphatic heterocycles. The highest BCUT2D eigenvalue weighted by Crippen LogP contribution is 2.38. The lowest BCUT2D eigenvalue weighted by atomic mass is 9.82. The van der Waals surface area contributed by atoms with Crippen molar-refractivity contribution in [1.29, 1.82) is 0 Å². The van der Waals surface area contributed by atoms with Gasteiger partial charge in [0.05, 0.1) is 0 Å². The molecule has 0 aliphatic carbocycles. The summed E-state index contributed by atoms with van der Waals surface area (Å²) < 4.78 is 0. The van der Waals surface area contributed by atoms with Crippen molar-refractivity contribution in [2.75, 3.05) is 25.0 Å². The van der Waals surface area contributed by atoms with Crippen molar-refractivity contribution in [3.05, 3.63) is 23.9 Å². The number of aromatic nitrogens is 1. The van der Waals surface area contributed by atoms with Crippen LogP contribution in [0.3, 0.4) is 0 Å². The fourth-order valence-electron chi connectivity index (χ4n) is 2.87. The summed E-state index contributed by atoms with van der Waals surface area (Å²) in [4.78, 5) is 7.04. The van der Waals surface area contributed by atoms with Crippen molar-refractivity contribution in [3.63, 3.8) is 0 Å². The zero-order valence-electron chi connectivity index (χ0n) is 11.9. The fourth-order valence-corrected chi connectivity index (χ4v) is 2.87. The molecule has 0 saturated carbocycles. The van der Waals surface area contributed by atoms with Crippen LogP contribution in [0.4, 0.5) is 5.82 Å². The number of hydrogen-bond donors (Lipinski definition) is 1. The molecule has 1 fully saturated rings. The van der Waals surface area contributed by atoms with E-state index in [1.165, 1.54) is 31.4 Å². The molecule has 18 heavy (non-hydrogen) atoms. The van der Waals surface area contributed by atoms with Crippen molar-refractivity contribution in [2.24, 2.45) is 5.41 Å². The minimum absolute atomic E-state index is 0.519. The van der Waals surface area contributed by atoms with Crippen LogP contribution in [0.1, 0.15) is 38.7 Å². The summed E-state index contributed by atoms with van der Waals surface area (Å²) in [6, 6.07) is 4.34. The molecule has 1 saturated heterocycles. The summed E-state index contributed by atoms with van der Waals surface area (Å²) in [6.45, 7) is 7.84. The van der Waals surface area contributed by atoms with Gasteiger partial charge in [0.25, 0.3) is 0 Å². The summed E-state index contributed by atoms with van der Waals surface area (Å²) in [5.41, 5.74) is 1.77. The van der Waals surface area contributed by atoms with Gasteiger partial charge >= 0.3 is 0 Å². The molecule has 0 atom stereocenters. The Hall–Kier alpha value is -1.09. The Morgan fingerprint density at radius 1 is 1.33 bits per heavy atom. The predicted molar refractivity (Wildman–Crippen MR) is 76.8 cm³/mol. The minimum atomic E-state index is 0.519. The van der Waals surface area contributed by atoms with E-state index in [9.17, 15) is 0 Å². The second-order valence-corrected chi connectivity index (χ2v) is 5.43. The van der Waals surface area contributed by atoms with Gasteiger partial charge in [0.2, 0.25) is 0 Å². The number of nitrogens with one attached hydrogen (secondary N) is 1. The number of pyridine rings is 1. The summed E-state index contributed by atoms with van der Waals surface area (Å²) in [5, 5.41) is 3.15. The van der Waals surface area contributed by atoms with E-state index in [-0.39, 0.29) is 0 Å². The molecular formula is C15H25N3. The van der Waals surface area contributed by atoms with Crippen LogP contribution >= 0.6 is 0 Å². The molecule has 0 bridgehead atoms. The molecule has 0 spiro atoms. The Bertz CT molecular complexity index is 368. The van der Waals surface area contributed by atoms with E-state index >= 15 is 0 Å². The van der Waals surface area contributed by atoms with Gasteiger partial charge in [0.15, 0.2) is 0 Å². The monoisotopic (exact) mass is 247 g/mol. The molecule has 1 aliphatic rings. The largest absolute Gasteiger partial charge is 0.356 e. The summed E-state index contributed by atoms with van der Waals surface area (Å²) >= 11 is 0. The normalized spacial score (nSPS) is 18.3. The summed E-state index contributed by atoms with van der Waals surface area (Å²) in [5.74, 6) is 1.14. The second-order valence-electron chi connectivity index (χ2n) is 5.43. The third kappa shape index (κ3) is 2.66. The van der Waals surface area contributed by atoms with E-state index in [0.717, 1.165) is 18.9 Å². The maximum atomic E-state index is 4.60. The lowest BCUT2D eigenvalue weighted by Gasteiger charge is -2.26. The lowest BCUT2D eigenvalue weighted by Crippen LogP contribution is -2.26. The number of rotatable bonds is 5. The molecule has 1 aromatic heterocycles. The molecule has 1 N–H and O–H groups in total. The van der Waals surface area contributed by atoms with Gasteiger partial charge in [-0.1, -0.05) is 19.9 Å². The molecular weight excluding hydrogens is 222 g/mol. The molecule has 1 aromatic rings. The Morgan fingerprint density at radius 2 is 2.11 bits per heavy atom. The van der Waals surface area contributed by atoms with Gasteiger partial charge < -0.3 is 10.2 Å². The highest BCUT2D eigenvalue weighted by molar-refractivity contribution is 5.41. The van der Waals surface area contributed by atoms with Crippen LogP contribution in [0.5, 0.6) is 0 Å². The number of anilines is 1. The SMILES string of the molecule is CCC1(CC)CCN(c2ccc(CNC)cn2)C1. The van der Waals surface area contributed by atoms with Crippen molar-refractivity contribution in [2.45, 2.75) is 39.7 Å². The van der Waals surface area contributed by atoms with Gasteiger partial charge in [-0.2, -0.15) is 0 Å². The average Bonchev–Trinajstić information content (AvgIpc) is 2.85. The first-order valence-corrected chi connectivity index (χ1v) is 7.07. The quantitative estimate of drug-likeness (QED) is 0.867. The van der Waals surface area contributed by atoms with E-state index in [2.05, 4.69) is 41.2 Å². The molecule has 2 rings (SSSR count). The third-order valence-corrected chi connectivity index (χ3v) is 4.45. The zero-order chi connectivity index (χ0) is 13.0. The Labute approximate surface area is 111 Å². The highest BCUT2D eigenvalue weighted by Gasteiger charge is 2.35. The van der Waals surface area contributed by atoms with E-state index in [1.54, 1.807) is 0 Å². The second kappa shape index (κ2) is 5.70. The van der Waals surface area contributed by atoms with Crippen LogP contribution in [-0.4, -0.2) is 25.1 Å². The smallest absolute Gasteiger partial charge is 0.128 e. The zero-order valence-corrected chi connectivity index (χ0v) is 11.9. The third-order valence-electron chi connectivity index (χ3n) is 4.45. The first kappa shape index (κ1) is 13.3. The van der Waals surface area contributed by atoms with Gasteiger partial charge in [-0.05, 0) is 43.4 Å². The van der Waals surface area contributed by atoms with Crippen LogP contribution in [-0.2, 0) is 6.54 Å². The maximum Gasteiger partial charge on any atom is 0.128 e. The predicted octanol–water partition coefficient (Wildman–Crippen LogP) is 2.82. The van der Waals surface area contributed by atoms with Crippen LogP contribution in [0, 0.1) is 5.41 Å². The van der Waals surface area contributed by atoms with Gasteiger partial charge in [-0.25, -0.2) is 4.98 Å². The molecule has 0 aromatic carbocycles. The maximum absolute atomic E-state index is 4.60. The first-order valence-electron chi connectivity index (χ1n) is 7.07. The van der Waals surface area contributed by atoms with Crippen molar-refractivity contribution < 1.29 is 0 Å². The standard InChI is InChI=1S/C15H25N3/c1-4-15(5-2)8-9-18(12-15)14-7-6-13(10-16-3)11-17-14/h6-7,11,16H,4-5,8-10,12H2,1-3H3. The Balaban J connectivity index is 2.05. The molecule has 3 nitrogen and oxygen atoms in total. The molecule has 0 amide bonds. The van der Waals surface area contributed by atoms with Gasteiger partial charge in [0, 0.05) is 25.8 Å². The first-order chi connectivity index (χ1) is 8.73.